The summed E-state index contributed by atoms with van der Waals surface area (Å²) in [5, 5.41) is 4.65. The molecule has 11 nitrogen and oxygen atoms in total. The maximum Gasteiger partial charge on any atom is 0.356 e. The molecule has 5 aromatic rings. The minimum atomic E-state index is -0.660. The topological polar surface area (TPSA) is 135 Å². The third-order valence-corrected chi connectivity index (χ3v) is 5.69. The summed E-state index contributed by atoms with van der Waals surface area (Å²) in [6.45, 7) is 0.119. The largest absolute Gasteiger partial charge is 0.464 e. The van der Waals surface area contributed by atoms with Crippen molar-refractivity contribution in [3.63, 3.8) is 0 Å². The quantitative estimate of drug-likeness (QED) is 0.293. The lowest BCUT2D eigenvalue weighted by Crippen LogP contribution is -2.24. The second-order valence-corrected chi connectivity index (χ2v) is 8.06. The molecule has 0 bridgehead atoms. The summed E-state index contributed by atoms with van der Waals surface area (Å²) in [6, 6.07) is 12.4. The van der Waals surface area contributed by atoms with Crippen LogP contribution < -0.4 is 11.4 Å². The fourth-order valence-corrected chi connectivity index (χ4v) is 4.02. The molecule has 5 rings (SSSR count). The van der Waals surface area contributed by atoms with Crippen LogP contribution in [0.4, 0.5) is 5.95 Å². The summed E-state index contributed by atoms with van der Waals surface area (Å²) in [4.78, 5) is 38.4. The van der Waals surface area contributed by atoms with Crippen molar-refractivity contribution in [2.75, 3.05) is 12.8 Å². The Kier molecular flexibility index (Phi) is 5.53. The van der Waals surface area contributed by atoms with E-state index in [0.717, 1.165) is 5.56 Å². The second kappa shape index (κ2) is 8.69. The van der Waals surface area contributed by atoms with Crippen LogP contribution in [-0.2, 0) is 18.3 Å². The van der Waals surface area contributed by atoms with Crippen molar-refractivity contribution in [1.82, 2.24) is 33.7 Å². The standard InChI is InChI=1S/C23H19ClN8O3/c1-30-9-8-26-17(30)12-31-23(34)32-20(29-31)18(14-10-15(21(33)35-2)27-16(24)11-14)19(28-22(32)25)13-6-4-3-5-7-13/h3-11H,12H2,1-2H3,(H2,25,28). The number of carbonyl (C=O) groups is 1. The highest BCUT2D eigenvalue weighted by atomic mass is 35.5. The molecular formula is C23H19ClN8O3. The third kappa shape index (κ3) is 3.91. The van der Waals surface area contributed by atoms with Crippen molar-refractivity contribution >= 4 is 29.2 Å². The van der Waals surface area contributed by atoms with E-state index in [1.54, 1.807) is 23.0 Å². The van der Waals surface area contributed by atoms with Crippen LogP contribution in [0.3, 0.4) is 0 Å². The van der Waals surface area contributed by atoms with Crippen LogP contribution in [0.25, 0.3) is 28.0 Å². The van der Waals surface area contributed by atoms with Gasteiger partial charge in [-0.15, -0.1) is 5.10 Å². The van der Waals surface area contributed by atoms with E-state index in [-0.39, 0.29) is 29.0 Å². The first kappa shape index (κ1) is 22.3. The molecule has 4 heterocycles. The number of halogens is 1. The number of nitrogen functional groups attached to an aromatic ring is 1. The molecule has 0 amide bonds. The van der Waals surface area contributed by atoms with E-state index in [2.05, 4.69) is 20.1 Å². The van der Waals surface area contributed by atoms with Gasteiger partial charge in [-0.25, -0.2) is 33.6 Å². The molecule has 0 aliphatic carbocycles. The number of nitrogens with zero attached hydrogens (tertiary/aromatic N) is 7. The SMILES string of the molecule is COC(=O)c1cc(-c2c(-c3ccccc3)nc(N)n3c(=O)n(Cc4nccn4C)nc23)cc(Cl)n1. The lowest BCUT2D eigenvalue weighted by molar-refractivity contribution is 0.0594. The zero-order valence-corrected chi connectivity index (χ0v) is 19.5. The van der Waals surface area contributed by atoms with Crippen LogP contribution in [0, 0.1) is 0 Å². The molecule has 0 saturated carbocycles. The molecule has 0 radical (unpaired) electrons. The van der Waals surface area contributed by atoms with Crippen LogP contribution in [0.2, 0.25) is 5.15 Å². The molecule has 0 aliphatic heterocycles. The number of fused-ring (bicyclic) bond motifs is 1. The number of pyridine rings is 1. The third-order valence-electron chi connectivity index (χ3n) is 5.49. The lowest BCUT2D eigenvalue weighted by Gasteiger charge is -2.13. The van der Waals surface area contributed by atoms with Crippen LogP contribution in [0.15, 0.2) is 59.7 Å². The first-order chi connectivity index (χ1) is 16.9. The first-order valence-electron chi connectivity index (χ1n) is 10.4. The number of carbonyl (C=O) groups excluding carboxylic acids is 1. The molecule has 176 valence electrons. The van der Waals surface area contributed by atoms with Gasteiger partial charge in [0.1, 0.15) is 17.5 Å². The van der Waals surface area contributed by atoms with Gasteiger partial charge in [-0.2, -0.15) is 0 Å². The average Bonchev–Trinajstić information content (AvgIpc) is 3.41. The normalized spacial score (nSPS) is 11.2. The summed E-state index contributed by atoms with van der Waals surface area (Å²) in [6.07, 6.45) is 3.41. The van der Waals surface area contributed by atoms with Crippen LogP contribution in [0.5, 0.6) is 0 Å². The number of ether oxygens (including phenoxy) is 1. The Morgan fingerprint density at radius 1 is 1.14 bits per heavy atom. The van der Waals surface area contributed by atoms with Crippen molar-refractivity contribution in [1.29, 1.82) is 0 Å². The van der Waals surface area contributed by atoms with Crippen molar-refractivity contribution in [2.24, 2.45) is 7.05 Å². The Morgan fingerprint density at radius 3 is 2.60 bits per heavy atom. The van der Waals surface area contributed by atoms with Gasteiger partial charge < -0.3 is 15.0 Å². The van der Waals surface area contributed by atoms with E-state index in [0.29, 0.717) is 22.6 Å². The molecule has 0 atom stereocenters. The first-order valence-corrected chi connectivity index (χ1v) is 10.8. The van der Waals surface area contributed by atoms with Gasteiger partial charge in [-0.3, -0.25) is 0 Å². The lowest BCUT2D eigenvalue weighted by atomic mass is 10.00. The number of hydrogen-bond donors (Lipinski definition) is 1. The van der Waals surface area contributed by atoms with Crippen LogP contribution >= 0.6 is 11.6 Å². The number of aryl methyl sites for hydroxylation is 1. The molecule has 35 heavy (non-hydrogen) atoms. The molecule has 0 unspecified atom stereocenters. The fraction of sp³-hybridized carbons (Fsp3) is 0.130. The molecule has 0 spiro atoms. The summed E-state index contributed by atoms with van der Waals surface area (Å²) in [5.74, 6) is -0.0639. The maximum atomic E-state index is 13.3. The van der Waals surface area contributed by atoms with Gasteiger partial charge in [0, 0.05) is 25.0 Å². The predicted octanol–water partition coefficient (Wildman–Crippen LogP) is 2.42. The highest BCUT2D eigenvalue weighted by Crippen LogP contribution is 2.35. The highest BCUT2D eigenvalue weighted by molar-refractivity contribution is 6.30. The number of imidazole rings is 1. The Hall–Kier alpha value is -4.51. The van der Waals surface area contributed by atoms with E-state index < -0.39 is 11.7 Å². The number of esters is 1. The molecular weight excluding hydrogens is 472 g/mol. The summed E-state index contributed by atoms with van der Waals surface area (Å²) in [7, 11) is 3.08. The molecule has 0 saturated heterocycles. The van der Waals surface area contributed by atoms with Gasteiger partial charge in [0.05, 0.1) is 18.4 Å². The minimum Gasteiger partial charge on any atom is -0.464 e. The Morgan fingerprint density at radius 2 is 1.91 bits per heavy atom. The minimum absolute atomic E-state index is 0.00113. The number of anilines is 1. The van der Waals surface area contributed by atoms with Crippen molar-refractivity contribution < 1.29 is 9.53 Å². The van der Waals surface area contributed by atoms with Gasteiger partial charge >= 0.3 is 11.7 Å². The van der Waals surface area contributed by atoms with Crippen molar-refractivity contribution in [2.45, 2.75) is 6.54 Å². The van der Waals surface area contributed by atoms with Gasteiger partial charge in [0.25, 0.3) is 0 Å². The second-order valence-electron chi connectivity index (χ2n) is 7.67. The smallest absolute Gasteiger partial charge is 0.356 e. The highest BCUT2D eigenvalue weighted by Gasteiger charge is 2.23. The molecule has 2 N–H and O–H groups in total. The zero-order valence-electron chi connectivity index (χ0n) is 18.7. The Bertz CT molecular complexity index is 1640. The van der Waals surface area contributed by atoms with Gasteiger partial charge in [0.2, 0.25) is 5.95 Å². The van der Waals surface area contributed by atoms with E-state index >= 15 is 0 Å². The number of rotatable bonds is 5. The van der Waals surface area contributed by atoms with Crippen molar-refractivity contribution in [3.8, 4) is 22.4 Å². The van der Waals surface area contributed by atoms with E-state index in [4.69, 9.17) is 22.1 Å². The van der Waals surface area contributed by atoms with Gasteiger partial charge in [-0.1, -0.05) is 41.9 Å². The molecule has 4 aromatic heterocycles. The molecule has 1 aromatic carbocycles. The average molecular weight is 491 g/mol. The fourth-order valence-electron chi connectivity index (χ4n) is 3.81. The number of benzene rings is 1. The summed E-state index contributed by atoms with van der Waals surface area (Å²) in [5.41, 5.74) is 8.13. The molecule has 0 aliphatic rings. The number of aromatic nitrogens is 7. The zero-order chi connectivity index (χ0) is 24.7. The predicted molar refractivity (Wildman–Crippen MR) is 129 cm³/mol. The molecule has 12 heteroatoms. The number of methoxy groups -OCH3 is 1. The van der Waals surface area contributed by atoms with Crippen molar-refractivity contribution in [3.05, 3.63) is 82.0 Å². The molecule has 0 fully saturated rings. The number of nitrogens with two attached hydrogens (primary N) is 1. The Balaban J connectivity index is 1.84. The summed E-state index contributed by atoms with van der Waals surface area (Å²) < 4.78 is 9.09. The van der Waals surface area contributed by atoms with E-state index in [1.165, 1.54) is 22.3 Å². The maximum absolute atomic E-state index is 13.3. The monoisotopic (exact) mass is 490 g/mol. The summed E-state index contributed by atoms with van der Waals surface area (Å²) >= 11 is 6.26. The van der Waals surface area contributed by atoms with Crippen LogP contribution in [-0.4, -0.2) is 46.8 Å². The van der Waals surface area contributed by atoms with Gasteiger partial charge in [0.15, 0.2) is 11.3 Å². The van der Waals surface area contributed by atoms with Gasteiger partial charge in [-0.05, 0) is 17.7 Å². The van der Waals surface area contributed by atoms with E-state index in [9.17, 15) is 9.59 Å². The van der Waals surface area contributed by atoms with E-state index in [1.807, 2.05) is 37.4 Å². The van der Waals surface area contributed by atoms with Crippen LogP contribution in [0.1, 0.15) is 16.3 Å². The number of hydrogen-bond acceptors (Lipinski definition) is 8. The Labute approximate surface area is 203 Å².